The van der Waals surface area contributed by atoms with Crippen molar-refractivity contribution in [1.29, 1.82) is 0 Å². The smallest absolute Gasteiger partial charge is 0.410 e. The molecule has 3 aromatic rings. The average molecular weight is 841 g/mol. The molecule has 3 aromatic carbocycles. The number of carbonyl (C=O) groups excluding carboxylic acids is 1. The molecule has 6 rings (SSSR count). The molecule has 0 spiro atoms. The van der Waals surface area contributed by atoms with Crippen molar-refractivity contribution in [3.63, 3.8) is 0 Å². The first kappa shape index (κ1) is 45.5. The van der Waals surface area contributed by atoms with E-state index in [1.165, 1.54) is 12.1 Å². The van der Waals surface area contributed by atoms with Gasteiger partial charge in [-0.15, -0.1) is 6.58 Å². The van der Waals surface area contributed by atoms with Gasteiger partial charge in [0.2, 0.25) is 5.79 Å². The molecule has 0 aromatic heterocycles. The van der Waals surface area contributed by atoms with Crippen LogP contribution >= 0.6 is 0 Å². The highest BCUT2D eigenvalue weighted by molar-refractivity contribution is 6.03. The lowest BCUT2D eigenvalue weighted by Gasteiger charge is -2.59. The highest BCUT2D eigenvalue weighted by atomic mass is 19.1. The third-order valence-electron chi connectivity index (χ3n) is 11.8. The Morgan fingerprint density at radius 2 is 1.70 bits per heavy atom. The van der Waals surface area contributed by atoms with E-state index in [0.717, 1.165) is 42.4 Å². The average Bonchev–Trinajstić information content (AvgIpc) is 3.28. The SMILES string of the molecule is C=CCOc1ccc2c(c1)C1C(CCCCO)C(CCCCO)C=C3C(=NOCC)CC(N(Cc4ccc(F)cc4)C(=O)OCCOCc4ccccc4)C(OCC=C)(O2)C31. The van der Waals surface area contributed by atoms with E-state index in [9.17, 15) is 19.4 Å². The molecular formula is C49H61FN2O9. The zero-order valence-corrected chi connectivity index (χ0v) is 35.3. The second kappa shape index (κ2) is 22.7. The molecule has 328 valence electrons. The molecule has 2 N–H and O–H groups in total. The predicted octanol–water partition coefficient (Wildman–Crippen LogP) is 8.90. The summed E-state index contributed by atoms with van der Waals surface area (Å²) in [5, 5.41) is 24.5. The lowest BCUT2D eigenvalue weighted by Crippen LogP contribution is -2.70. The predicted molar refractivity (Wildman–Crippen MR) is 232 cm³/mol. The number of halogens is 1. The highest BCUT2D eigenvalue weighted by Gasteiger charge is 2.65. The summed E-state index contributed by atoms with van der Waals surface area (Å²) >= 11 is 0. The Kier molecular flexibility index (Phi) is 17.0. The van der Waals surface area contributed by atoms with Gasteiger partial charge in [0.15, 0.2) is 0 Å². The number of amides is 1. The Bertz CT molecular complexity index is 1940. The normalized spacial score (nSPS) is 23.2. The molecule has 1 aliphatic heterocycles. The van der Waals surface area contributed by atoms with Gasteiger partial charge in [0.1, 0.15) is 43.2 Å². The number of carbonyl (C=O) groups is 1. The Morgan fingerprint density at radius 1 is 0.951 bits per heavy atom. The topological polar surface area (TPSA) is 129 Å². The van der Waals surface area contributed by atoms with E-state index in [0.29, 0.717) is 55.4 Å². The lowest BCUT2D eigenvalue weighted by molar-refractivity contribution is -0.256. The Balaban J connectivity index is 1.50. The number of oxime groups is 1. The number of fused-ring (bicyclic) bond motifs is 2. The number of rotatable bonds is 24. The summed E-state index contributed by atoms with van der Waals surface area (Å²) in [6.45, 7) is 11.2. The van der Waals surface area contributed by atoms with Gasteiger partial charge in [0, 0.05) is 37.7 Å². The maximum Gasteiger partial charge on any atom is 0.410 e. The molecule has 0 radical (unpaired) electrons. The maximum atomic E-state index is 14.7. The number of unbranched alkanes of at least 4 members (excludes halogenated alkanes) is 2. The monoisotopic (exact) mass is 840 g/mol. The molecule has 6 atom stereocenters. The molecule has 1 amide bonds. The van der Waals surface area contributed by atoms with Crippen molar-refractivity contribution in [3.8, 4) is 11.5 Å². The number of benzene rings is 3. The van der Waals surface area contributed by atoms with Crippen LogP contribution in [0.25, 0.3) is 0 Å². The van der Waals surface area contributed by atoms with Gasteiger partial charge in [-0.05, 0) is 91.5 Å². The summed E-state index contributed by atoms with van der Waals surface area (Å²) in [6, 6.07) is 20.8. The molecule has 11 nitrogen and oxygen atoms in total. The van der Waals surface area contributed by atoms with Crippen molar-refractivity contribution in [1.82, 2.24) is 4.90 Å². The number of nitrogens with zero attached hydrogens (tertiary/aromatic N) is 2. The van der Waals surface area contributed by atoms with Crippen LogP contribution in [0.15, 0.2) is 115 Å². The van der Waals surface area contributed by atoms with Gasteiger partial charge >= 0.3 is 6.09 Å². The zero-order chi connectivity index (χ0) is 43.0. The van der Waals surface area contributed by atoms with E-state index < -0.39 is 29.7 Å². The van der Waals surface area contributed by atoms with Gasteiger partial charge in [-0.3, -0.25) is 4.90 Å². The molecule has 1 saturated carbocycles. The molecule has 6 unspecified atom stereocenters. The van der Waals surface area contributed by atoms with Crippen LogP contribution in [0, 0.1) is 23.6 Å². The maximum absolute atomic E-state index is 14.7. The van der Waals surface area contributed by atoms with Crippen LogP contribution < -0.4 is 9.47 Å². The standard InChI is InChI=1S/C49H61FN2O9/c1-4-26-57-39-22-23-44-42(31-39)46-40(17-11-13-25-54)37(16-10-12-24-53)30-41-43(51-60-6-3)32-45(49(61-44,47(41)46)59-27-5-2)52(33-35-18-20-38(50)21-19-35)48(55)58-29-28-56-34-36-14-8-7-9-15-36/h4-5,7-9,14-15,18-23,30-31,37,40,45-47,53-54H,1-2,6,10-13,16-17,24-29,32-34H2,3H3. The third-order valence-corrected chi connectivity index (χ3v) is 11.8. The molecule has 12 heteroatoms. The molecule has 1 fully saturated rings. The van der Waals surface area contributed by atoms with Crippen LogP contribution in [-0.2, 0) is 32.2 Å². The van der Waals surface area contributed by atoms with E-state index in [1.54, 1.807) is 29.2 Å². The molecular weight excluding hydrogens is 780 g/mol. The van der Waals surface area contributed by atoms with E-state index in [2.05, 4.69) is 19.2 Å². The van der Waals surface area contributed by atoms with Gasteiger partial charge in [-0.25, -0.2) is 9.18 Å². The number of allylic oxidation sites excluding steroid dienone is 1. The van der Waals surface area contributed by atoms with Gasteiger partial charge in [0.25, 0.3) is 0 Å². The zero-order valence-electron chi connectivity index (χ0n) is 35.3. The molecule has 3 aliphatic rings. The number of ether oxygens (including phenoxy) is 5. The molecule has 2 aliphatic carbocycles. The lowest BCUT2D eigenvalue weighted by atomic mass is 9.55. The van der Waals surface area contributed by atoms with Crippen molar-refractivity contribution >= 4 is 11.8 Å². The molecule has 61 heavy (non-hydrogen) atoms. The van der Waals surface area contributed by atoms with Crippen molar-refractivity contribution in [2.45, 2.75) is 82.8 Å². The minimum Gasteiger partial charge on any atom is -0.490 e. The minimum atomic E-state index is -1.50. The van der Waals surface area contributed by atoms with E-state index in [4.69, 9.17) is 33.7 Å². The summed E-state index contributed by atoms with van der Waals surface area (Å²) in [6.07, 6.45) is 9.74. The number of hydrogen-bond acceptors (Lipinski definition) is 10. The van der Waals surface area contributed by atoms with Gasteiger partial charge in [-0.1, -0.05) is 85.3 Å². The van der Waals surface area contributed by atoms with Crippen LogP contribution in [0.1, 0.15) is 74.5 Å². The van der Waals surface area contributed by atoms with Gasteiger partial charge < -0.3 is 38.7 Å². The first-order valence-electron chi connectivity index (χ1n) is 21.6. The summed E-state index contributed by atoms with van der Waals surface area (Å²) in [4.78, 5) is 22.2. The van der Waals surface area contributed by atoms with Crippen molar-refractivity contribution < 1.29 is 47.9 Å². The van der Waals surface area contributed by atoms with E-state index in [1.807, 2.05) is 55.5 Å². The second-order valence-corrected chi connectivity index (χ2v) is 15.7. The fraction of sp³-hybridized carbons (Fsp3) is 0.469. The fourth-order valence-corrected chi connectivity index (χ4v) is 9.16. The van der Waals surface area contributed by atoms with E-state index in [-0.39, 0.29) is 63.8 Å². The first-order chi connectivity index (χ1) is 29.9. The van der Waals surface area contributed by atoms with Crippen LogP contribution in [-0.4, -0.2) is 85.0 Å². The first-order valence-corrected chi connectivity index (χ1v) is 21.6. The Labute approximate surface area is 359 Å². The van der Waals surface area contributed by atoms with Crippen molar-refractivity contribution in [3.05, 3.63) is 132 Å². The summed E-state index contributed by atoms with van der Waals surface area (Å²) in [7, 11) is 0. The summed E-state index contributed by atoms with van der Waals surface area (Å²) in [5.41, 5.74) is 4.19. The quantitative estimate of drug-likeness (QED) is 0.0517. The number of hydrogen-bond donors (Lipinski definition) is 2. The number of aliphatic hydroxyl groups is 2. The van der Waals surface area contributed by atoms with Crippen molar-refractivity contribution in [2.24, 2.45) is 22.9 Å². The highest BCUT2D eigenvalue weighted by Crippen LogP contribution is 2.62. The number of aliphatic hydroxyl groups excluding tert-OH is 2. The van der Waals surface area contributed by atoms with Crippen LogP contribution in [0.5, 0.6) is 11.5 Å². The Morgan fingerprint density at radius 3 is 2.43 bits per heavy atom. The van der Waals surface area contributed by atoms with Crippen molar-refractivity contribution in [2.75, 3.05) is 46.2 Å². The molecule has 0 bridgehead atoms. The summed E-state index contributed by atoms with van der Waals surface area (Å²) < 4.78 is 46.6. The van der Waals surface area contributed by atoms with Crippen LogP contribution in [0.4, 0.5) is 9.18 Å². The largest absolute Gasteiger partial charge is 0.490 e. The Hall–Kier alpha value is -5.01. The second-order valence-electron chi connectivity index (χ2n) is 15.7. The summed E-state index contributed by atoms with van der Waals surface area (Å²) in [5.74, 6) is -1.28. The minimum absolute atomic E-state index is 0.0183. The third kappa shape index (κ3) is 11.1. The van der Waals surface area contributed by atoms with Crippen LogP contribution in [0.2, 0.25) is 0 Å². The van der Waals surface area contributed by atoms with Gasteiger partial charge in [-0.2, -0.15) is 0 Å². The van der Waals surface area contributed by atoms with E-state index >= 15 is 0 Å². The molecule has 1 heterocycles. The molecule has 0 saturated heterocycles. The van der Waals surface area contributed by atoms with Crippen LogP contribution in [0.3, 0.4) is 0 Å². The van der Waals surface area contributed by atoms with Gasteiger partial charge in [0.05, 0.1) is 31.5 Å². The fourth-order valence-electron chi connectivity index (χ4n) is 9.16.